The Morgan fingerprint density at radius 2 is 1.29 bits per heavy atom. The number of nitrogens with zero attached hydrogens (tertiary/aromatic N) is 1. The number of fused-ring (bicyclic) bond motifs is 4. The van der Waals surface area contributed by atoms with Gasteiger partial charge in [-0.15, -0.1) is 0 Å². The molecule has 0 aliphatic carbocycles. The van der Waals surface area contributed by atoms with Gasteiger partial charge in [-0.25, -0.2) is 9.59 Å². The molecule has 0 unspecified atom stereocenters. The van der Waals surface area contributed by atoms with Crippen LogP contribution in [-0.4, -0.2) is 333 Å². The summed E-state index contributed by atoms with van der Waals surface area (Å²) in [5.74, 6) is -8.02. The van der Waals surface area contributed by atoms with E-state index in [4.69, 9.17) is 158 Å². The van der Waals surface area contributed by atoms with E-state index in [0.717, 1.165) is 0 Å². The second kappa shape index (κ2) is 33.5. The van der Waals surface area contributed by atoms with Gasteiger partial charge in [0, 0.05) is 46.7 Å². The van der Waals surface area contributed by atoms with Crippen LogP contribution in [0, 0.1) is 24.0 Å². The number of benzene rings is 2. The Morgan fingerprint density at radius 3 is 1.96 bits per heavy atom. The Morgan fingerprint density at radius 1 is 0.598 bits per heavy atom. The summed E-state index contributed by atoms with van der Waals surface area (Å²) in [5.41, 5.74) is -3.74. The van der Waals surface area contributed by atoms with Crippen LogP contribution < -0.4 is 4.74 Å². The normalized spacial score (nSPS) is 45.4. The maximum atomic E-state index is 14.3. The summed E-state index contributed by atoms with van der Waals surface area (Å²) >= 11 is 18.8. The molecule has 0 saturated carbocycles. The largest absolute Gasteiger partial charge is 0.506 e. The second-order valence-electron chi connectivity index (χ2n) is 30.0. The molecule has 0 radical (unpaired) electrons. The van der Waals surface area contributed by atoms with Gasteiger partial charge < -0.3 is 164 Å². The summed E-state index contributed by atoms with van der Waals surface area (Å²) in [6.07, 6.45) is -41.2. The zero-order chi connectivity index (χ0) is 81.0. The number of aliphatic hydroxyl groups is 5. The van der Waals surface area contributed by atoms with Crippen molar-refractivity contribution in [3.8, 4) is 23.0 Å². The highest BCUT2D eigenvalue weighted by Crippen LogP contribution is 2.53. The molecule has 13 rings (SSSR count). The van der Waals surface area contributed by atoms with Gasteiger partial charge in [-0.1, -0.05) is 34.8 Å². The van der Waals surface area contributed by atoms with Crippen LogP contribution in [-0.2, 0) is 118 Å². The lowest BCUT2D eigenvalue weighted by Crippen LogP contribution is -2.68. The smallest absolute Gasteiger partial charge is 0.342 e. The van der Waals surface area contributed by atoms with Crippen LogP contribution in [0.25, 0.3) is 0 Å². The van der Waals surface area contributed by atoms with Crippen LogP contribution in [0.3, 0.4) is 0 Å². The number of phenolic OH excluding ortho intramolecular Hbond substituents is 3. The predicted molar refractivity (Wildman–Crippen MR) is 368 cm³/mol. The molecule has 11 aliphatic heterocycles. The summed E-state index contributed by atoms with van der Waals surface area (Å²) in [6.45, 7) is 12.6. The molecule has 2 aromatic rings. The highest BCUT2D eigenvalue weighted by molar-refractivity contribution is 6.39. The third kappa shape index (κ3) is 15.5. The van der Waals surface area contributed by atoms with Gasteiger partial charge in [0.25, 0.3) is 11.5 Å². The standard InChI is InChI=1S/C70H96Cl3NO38/c1-23-15-30(75)41(72)43(77)38(23)61(83)101-34-21-95-70(60-53(34)93-22-94-60)109-35-20-92-63(46(80)52(35)110-70)107-65-56(90-13)45(79)51(33(102-65)19-87-10)105-64-47(81)55(50(88-11)26(4)98-64)106-66-57(82)68(9)59(29(7)99-66)111-69(112-68)17-31(76)48(27(5)108-69)103-36-16-32(100-37-18-67(8,74(85)86)58(91-14)28(6)97-37)49(25(3)96-36)104-62(84)39-24(2)40(71)44(78)42(73)54(39)89-12/h15,25-29,31-37,45-53,55-60,63-66,75-82H,16-22H2,1-14H3/t25-,26+,27-,28+,29-,31-,32-,33-,34-,35+,36+,37+,45+,46-,47+,48-,49-,50-,51-,52-,53+,55+,56+,57-,58+,59-,60-,63+,64-,65+,66+,67+,68-,69-,70-/m1/s1. The number of ether oxygens (including phenoxy) is 26. The minimum absolute atomic E-state index is 0.0688. The van der Waals surface area contributed by atoms with E-state index in [1.54, 1.807) is 34.6 Å². The Balaban J connectivity index is 0.644. The van der Waals surface area contributed by atoms with Crippen LogP contribution in [0.2, 0.25) is 15.1 Å². The van der Waals surface area contributed by atoms with Gasteiger partial charge in [0.15, 0.2) is 79.4 Å². The fourth-order valence-corrected chi connectivity index (χ4v) is 17.7. The Labute approximate surface area is 656 Å². The lowest BCUT2D eigenvalue weighted by Gasteiger charge is -2.50. The molecule has 11 aliphatic rings. The van der Waals surface area contributed by atoms with E-state index in [9.17, 15) is 60.6 Å². The maximum Gasteiger partial charge on any atom is 0.342 e. The first kappa shape index (κ1) is 85.6. The number of nitro groups is 1. The minimum atomic E-state index is -2.07. The van der Waals surface area contributed by atoms with Crippen molar-refractivity contribution in [2.45, 2.75) is 295 Å². The lowest BCUT2D eigenvalue weighted by atomic mass is 9.85. The van der Waals surface area contributed by atoms with Crippen LogP contribution in [0.1, 0.15) is 99.6 Å². The summed E-state index contributed by atoms with van der Waals surface area (Å²) in [4.78, 5) is 39.9. The van der Waals surface area contributed by atoms with E-state index in [-0.39, 0.29) is 77.5 Å². The zero-order valence-corrected chi connectivity index (χ0v) is 65.6. The number of phenols is 3. The Hall–Kier alpha value is -4.27. The number of aryl methyl sites for hydroxylation is 1. The molecule has 2 aromatic carbocycles. The Bertz CT molecular complexity index is 3710. The zero-order valence-electron chi connectivity index (χ0n) is 63.3. The minimum Gasteiger partial charge on any atom is -0.506 e. The van der Waals surface area contributed by atoms with Crippen LogP contribution in [0.4, 0.5) is 0 Å². The summed E-state index contributed by atoms with van der Waals surface area (Å²) < 4.78 is 160. The van der Waals surface area contributed by atoms with E-state index in [1.165, 1.54) is 69.3 Å². The first-order chi connectivity index (χ1) is 53.0. The van der Waals surface area contributed by atoms with E-state index in [0.29, 0.717) is 0 Å². The number of carbonyl (C=O) groups is 2. The van der Waals surface area contributed by atoms with E-state index in [1.807, 2.05) is 0 Å². The van der Waals surface area contributed by atoms with Gasteiger partial charge in [-0.05, 0) is 72.6 Å². The third-order valence-corrected chi connectivity index (χ3v) is 23.8. The van der Waals surface area contributed by atoms with Gasteiger partial charge >= 0.3 is 17.9 Å². The van der Waals surface area contributed by atoms with Crippen molar-refractivity contribution in [1.29, 1.82) is 0 Å². The molecule has 0 amide bonds. The number of hydrogen-bond donors (Lipinski definition) is 8. The fraction of sp³-hybridized carbons (Fsp3) is 0.800. The van der Waals surface area contributed by atoms with Gasteiger partial charge in [-0.3, -0.25) is 10.1 Å². The number of halogens is 3. The lowest BCUT2D eigenvalue weighted by molar-refractivity contribution is -0.595. The Kier molecular flexibility index (Phi) is 25.6. The fourth-order valence-electron chi connectivity index (χ4n) is 17.0. The maximum absolute atomic E-state index is 14.3. The predicted octanol–water partition coefficient (Wildman–Crippen LogP) is 1.92. The molecule has 11 fully saturated rings. The number of carbonyl (C=O) groups excluding carboxylic acids is 2. The van der Waals surface area contributed by atoms with Crippen molar-refractivity contribution >= 4 is 46.7 Å². The van der Waals surface area contributed by atoms with Gasteiger partial charge in [0.05, 0.1) is 81.4 Å². The first-order valence-corrected chi connectivity index (χ1v) is 37.6. The van der Waals surface area contributed by atoms with Crippen LogP contribution >= 0.6 is 34.8 Å². The molecular weight excluding hydrogens is 1570 g/mol. The monoisotopic (exact) mass is 1660 g/mol. The molecule has 0 bridgehead atoms. The molecule has 630 valence electrons. The molecule has 35 atom stereocenters. The van der Waals surface area contributed by atoms with Crippen LogP contribution in [0.5, 0.6) is 23.0 Å². The molecule has 11 heterocycles. The quantitative estimate of drug-likeness (QED) is 0.0503. The van der Waals surface area contributed by atoms with E-state index in [2.05, 4.69) is 0 Å². The van der Waals surface area contributed by atoms with Gasteiger partial charge in [-0.2, -0.15) is 0 Å². The number of aliphatic hydroxyl groups excluding tert-OH is 5. The second-order valence-corrected chi connectivity index (χ2v) is 31.1. The van der Waals surface area contributed by atoms with Crippen molar-refractivity contribution in [2.24, 2.45) is 0 Å². The number of rotatable bonds is 21. The molecule has 11 saturated heterocycles. The summed E-state index contributed by atoms with van der Waals surface area (Å²) in [5, 5.41) is 104. The number of aromatic hydroxyl groups is 3. The average Bonchev–Trinajstić information content (AvgIpc) is 1.56. The SMILES string of the molecule is COC[C@H]1O[C@@H](O[C@@H]2OC[C@@H]3O[C@@]4(OC[C@@H](OC(=O)c5c(C)cc(O)c(Cl)c5O)[C@@H]5OCO[C@H]54)O[C@H]3[C@H]2O)[C@@H](OC)[C@@H](O)[C@@H]1O[C@H]1O[C@@H](C)[C@@H](OC)[C@@H](O[C@@H]2O[C@H](C)[C@H]3O[C@]4(C[C@@H](O)[C@H](O[C@H]5C[C@@H](O[C@H]6C[C@](C)([N+](=O)[O-])[C@@H](OC)[C@H](C)O6)[C@H](OC(=O)c6c(C)c(Cl)c(O)c(Cl)c6OC)[C@@H](C)O5)[C@@H](C)O4)O[C@]3(C)[C@@H]2O)[C@@H]1O. The van der Waals surface area contributed by atoms with Crippen molar-refractivity contribution in [1.82, 2.24) is 0 Å². The molecule has 112 heavy (non-hydrogen) atoms. The van der Waals surface area contributed by atoms with E-state index >= 15 is 0 Å². The highest BCUT2D eigenvalue weighted by atomic mass is 35.5. The molecule has 0 aromatic heterocycles. The average molecular weight is 1670 g/mol. The molecular formula is C70H96Cl3NO38. The molecule has 2 spiro atoms. The molecule has 39 nitrogen and oxygen atoms in total. The van der Waals surface area contributed by atoms with Crippen molar-refractivity contribution < 1.29 is 179 Å². The van der Waals surface area contributed by atoms with Crippen molar-refractivity contribution in [3.63, 3.8) is 0 Å². The van der Waals surface area contributed by atoms with Crippen LogP contribution in [0.15, 0.2) is 6.07 Å². The van der Waals surface area contributed by atoms with Crippen molar-refractivity contribution in [2.75, 3.05) is 62.2 Å². The number of methoxy groups -OCH3 is 5. The van der Waals surface area contributed by atoms with E-state index < -0.39 is 259 Å². The van der Waals surface area contributed by atoms with Gasteiger partial charge in [0.1, 0.15) is 131 Å². The summed E-state index contributed by atoms with van der Waals surface area (Å²) in [6, 6.07) is 1.19. The summed E-state index contributed by atoms with van der Waals surface area (Å²) in [7, 11) is 6.51. The third-order valence-electron chi connectivity index (χ3n) is 22.6. The topological polar surface area (TPSA) is 479 Å². The first-order valence-electron chi connectivity index (χ1n) is 36.4. The number of esters is 2. The molecule has 8 N–H and O–H groups in total. The number of hydrogen-bond acceptors (Lipinski definition) is 38. The highest BCUT2D eigenvalue weighted by Gasteiger charge is 2.70. The van der Waals surface area contributed by atoms with Crippen molar-refractivity contribution in [3.05, 3.63) is 53.5 Å². The van der Waals surface area contributed by atoms with Gasteiger partial charge in [0.2, 0.25) is 0 Å². The molecule has 42 heteroatoms.